The van der Waals surface area contributed by atoms with Crippen molar-refractivity contribution in [3.8, 4) is 5.75 Å². The number of nitrogens with zero attached hydrogens (tertiary/aromatic N) is 4. The van der Waals surface area contributed by atoms with E-state index < -0.39 is 5.25 Å². The summed E-state index contributed by atoms with van der Waals surface area (Å²) in [6, 6.07) is 17.9. The van der Waals surface area contributed by atoms with Gasteiger partial charge in [-0.1, -0.05) is 42.1 Å². The summed E-state index contributed by atoms with van der Waals surface area (Å²) in [5.74, 6) is 0.842. The van der Waals surface area contributed by atoms with Gasteiger partial charge in [-0.2, -0.15) is 0 Å². The molecule has 0 saturated carbocycles. The number of fused-ring (bicyclic) bond motifs is 3. The number of aryl methyl sites for hydroxylation is 1. The Hall–Kier alpha value is -3.06. The first-order valence-corrected chi connectivity index (χ1v) is 11.3. The van der Waals surface area contributed by atoms with Gasteiger partial charge in [0.1, 0.15) is 11.0 Å². The molecule has 1 unspecified atom stereocenters. The van der Waals surface area contributed by atoms with Gasteiger partial charge in [-0.25, -0.2) is 0 Å². The van der Waals surface area contributed by atoms with E-state index in [0.29, 0.717) is 18.2 Å². The summed E-state index contributed by atoms with van der Waals surface area (Å²) in [6.45, 7) is 7.40. The van der Waals surface area contributed by atoms with Gasteiger partial charge in [0.15, 0.2) is 10.8 Å². The van der Waals surface area contributed by atoms with Crippen LogP contribution in [0.2, 0.25) is 0 Å². The maximum absolute atomic E-state index is 13.4. The van der Waals surface area contributed by atoms with Crippen molar-refractivity contribution in [2.75, 3.05) is 20.2 Å². The highest BCUT2D eigenvalue weighted by Gasteiger charge is 2.28. The Morgan fingerprint density at radius 2 is 1.84 bits per heavy atom. The Kier molecular flexibility index (Phi) is 6.13. The molecule has 0 fully saturated rings. The van der Waals surface area contributed by atoms with Crippen LogP contribution < -0.4 is 4.74 Å². The number of likely N-dealkylation sites (N-methyl/N-ethyl adjacent to an activating group) is 1. The topological polar surface area (TPSA) is 59.7 Å². The number of carbonyl (C=O) groups is 1. The zero-order valence-corrected chi connectivity index (χ0v) is 19.0. The number of benzene rings is 2. The Balaban J connectivity index is 1.86. The quantitative estimate of drug-likeness (QED) is 0.387. The number of pyridine rings is 1. The molecule has 2 aromatic heterocycles. The van der Waals surface area contributed by atoms with Crippen LogP contribution in [0.1, 0.15) is 30.2 Å². The number of methoxy groups -OCH3 is 1. The van der Waals surface area contributed by atoms with Crippen LogP contribution in [0.4, 0.5) is 0 Å². The van der Waals surface area contributed by atoms with Crippen molar-refractivity contribution in [1.82, 2.24) is 19.5 Å². The molecule has 0 saturated heterocycles. The summed E-state index contributed by atoms with van der Waals surface area (Å²) in [5.41, 5.74) is 3.79. The third-order valence-electron chi connectivity index (χ3n) is 5.50. The Morgan fingerprint density at radius 1 is 1.10 bits per heavy atom. The monoisotopic (exact) mass is 434 g/mol. The molecule has 6 nitrogen and oxygen atoms in total. The lowest BCUT2D eigenvalue weighted by Crippen LogP contribution is -2.33. The lowest BCUT2D eigenvalue weighted by atomic mass is 10.1. The summed E-state index contributed by atoms with van der Waals surface area (Å²) < 4.78 is 7.47. The first kappa shape index (κ1) is 21.2. The number of thioether (sulfide) groups is 1. The molecule has 31 heavy (non-hydrogen) atoms. The highest BCUT2D eigenvalue weighted by atomic mass is 32.2. The maximum Gasteiger partial charge on any atom is 0.240 e. The molecule has 0 aliphatic rings. The molecular weight excluding hydrogens is 408 g/mol. The van der Waals surface area contributed by atoms with Crippen molar-refractivity contribution >= 4 is 34.2 Å². The van der Waals surface area contributed by atoms with Crippen LogP contribution in [-0.2, 0) is 4.79 Å². The fourth-order valence-corrected chi connectivity index (χ4v) is 4.94. The van der Waals surface area contributed by atoms with Crippen molar-refractivity contribution in [1.29, 1.82) is 0 Å². The summed E-state index contributed by atoms with van der Waals surface area (Å²) in [4.78, 5) is 15.3. The minimum atomic E-state index is -0.407. The number of rotatable bonds is 7. The van der Waals surface area contributed by atoms with Gasteiger partial charge in [0.2, 0.25) is 5.91 Å². The van der Waals surface area contributed by atoms with Gasteiger partial charge < -0.3 is 9.64 Å². The van der Waals surface area contributed by atoms with Crippen molar-refractivity contribution in [3.63, 3.8) is 0 Å². The van der Waals surface area contributed by atoms with Crippen LogP contribution in [0.5, 0.6) is 5.75 Å². The van der Waals surface area contributed by atoms with Crippen molar-refractivity contribution < 1.29 is 9.53 Å². The molecule has 2 heterocycles. The Morgan fingerprint density at radius 3 is 2.52 bits per heavy atom. The number of aromatic nitrogens is 3. The van der Waals surface area contributed by atoms with Crippen molar-refractivity contribution in [3.05, 3.63) is 65.7 Å². The molecule has 7 heteroatoms. The molecule has 0 aliphatic heterocycles. The van der Waals surface area contributed by atoms with E-state index in [-0.39, 0.29) is 5.91 Å². The van der Waals surface area contributed by atoms with E-state index in [2.05, 4.69) is 17.1 Å². The molecule has 0 bridgehead atoms. The zero-order chi connectivity index (χ0) is 22.0. The van der Waals surface area contributed by atoms with E-state index in [1.54, 1.807) is 7.11 Å². The zero-order valence-electron chi connectivity index (χ0n) is 18.2. The maximum atomic E-state index is 13.4. The van der Waals surface area contributed by atoms with Gasteiger partial charge in [-0.05, 0) is 50.1 Å². The van der Waals surface area contributed by atoms with E-state index in [0.717, 1.165) is 33.4 Å². The average molecular weight is 435 g/mol. The second-order valence-corrected chi connectivity index (χ2v) is 8.38. The molecule has 1 amide bonds. The molecular formula is C24H26N4O2S. The SMILES string of the molecule is CCN(CC)C(=O)C(Sc1nnc2cc(C)c3ccc(OC)cc3n12)c1ccccc1. The van der Waals surface area contributed by atoms with E-state index >= 15 is 0 Å². The minimum Gasteiger partial charge on any atom is -0.497 e. The first-order valence-electron chi connectivity index (χ1n) is 10.4. The largest absolute Gasteiger partial charge is 0.497 e. The summed E-state index contributed by atoms with van der Waals surface area (Å²) >= 11 is 1.44. The fraction of sp³-hybridized carbons (Fsp3) is 0.292. The van der Waals surface area contributed by atoms with Gasteiger partial charge >= 0.3 is 0 Å². The lowest BCUT2D eigenvalue weighted by Gasteiger charge is -2.24. The molecule has 4 aromatic rings. The highest BCUT2D eigenvalue weighted by molar-refractivity contribution is 8.00. The van der Waals surface area contributed by atoms with Gasteiger partial charge in [-0.3, -0.25) is 9.20 Å². The number of amides is 1. The van der Waals surface area contributed by atoms with E-state index in [9.17, 15) is 4.79 Å². The van der Waals surface area contributed by atoms with Gasteiger partial charge in [0.25, 0.3) is 0 Å². The predicted molar refractivity (Wildman–Crippen MR) is 125 cm³/mol. The van der Waals surface area contributed by atoms with Crippen LogP contribution >= 0.6 is 11.8 Å². The second-order valence-electron chi connectivity index (χ2n) is 7.31. The number of carbonyl (C=O) groups excluding carboxylic acids is 1. The minimum absolute atomic E-state index is 0.0759. The highest BCUT2D eigenvalue weighted by Crippen LogP contribution is 2.37. The summed E-state index contributed by atoms with van der Waals surface area (Å²) in [7, 11) is 1.66. The standard InChI is InChI=1S/C24H26N4O2S/c1-5-27(6-2)23(29)22(17-10-8-7-9-11-17)31-24-26-25-21-14-16(3)19-13-12-18(30-4)15-20(19)28(21)24/h7-15,22H,5-6H2,1-4H3. The van der Waals surface area contributed by atoms with Gasteiger partial charge in [0, 0.05) is 24.5 Å². The van der Waals surface area contributed by atoms with E-state index in [1.165, 1.54) is 11.8 Å². The summed E-state index contributed by atoms with van der Waals surface area (Å²) in [6.07, 6.45) is 0. The molecule has 0 radical (unpaired) electrons. The fourth-order valence-electron chi connectivity index (χ4n) is 3.80. The molecule has 1 atom stereocenters. The van der Waals surface area contributed by atoms with Gasteiger partial charge in [0.05, 0.1) is 12.6 Å². The van der Waals surface area contributed by atoms with Crippen molar-refractivity contribution in [2.24, 2.45) is 0 Å². The van der Waals surface area contributed by atoms with Crippen molar-refractivity contribution in [2.45, 2.75) is 31.2 Å². The molecule has 0 N–H and O–H groups in total. The second kappa shape index (κ2) is 8.98. The lowest BCUT2D eigenvalue weighted by molar-refractivity contribution is -0.130. The molecule has 0 spiro atoms. The third kappa shape index (κ3) is 3.97. The molecule has 0 aliphatic carbocycles. The van der Waals surface area contributed by atoms with E-state index in [1.807, 2.05) is 77.7 Å². The predicted octanol–water partition coefficient (Wildman–Crippen LogP) is 4.90. The number of hydrogen-bond donors (Lipinski definition) is 0. The smallest absolute Gasteiger partial charge is 0.240 e. The van der Waals surface area contributed by atoms with Crippen LogP contribution in [0.25, 0.3) is 16.6 Å². The first-order chi connectivity index (χ1) is 15.1. The molecule has 4 rings (SSSR count). The Bertz CT molecular complexity index is 1220. The van der Waals surface area contributed by atoms with Crippen LogP contribution in [0, 0.1) is 6.92 Å². The van der Waals surface area contributed by atoms with Crippen LogP contribution in [-0.4, -0.2) is 45.6 Å². The molecule has 160 valence electrons. The molecule has 2 aromatic carbocycles. The van der Waals surface area contributed by atoms with Crippen LogP contribution in [0.15, 0.2) is 59.8 Å². The van der Waals surface area contributed by atoms with Crippen LogP contribution in [0.3, 0.4) is 0 Å². The number of ether oxygens (including phenoxy) is 1. The average Bonchev–Trinajstić information content (AvgIpc) is 3.21. The summed E-state index contributed by atoms with van der Waals surface area (Å²) in [5, 5.41) is 10.2. The third-order valence-corrected chi connectivity index (χ3v) is 6.68. The normalized spacial score (nSPS) is 12.3. The Labute approximate surface area is 186 Å². The van der Waals surface area contributed by atoms with Gasteiger partial charge in [-0.15, -0.1) is 10.2 Å². The number of hydrogen-bond acceptors (Lipinski definition) is 5. The van der Waals surface area contributed by atoms with E-state index in [4.69, 9.17) is 4.74 Å².